The van der Waals surface area contributed by atoms with Crippen LogP contribution >= 0.6 is 0 Å². The van der Waals surface area contributed by atoms with Gasteiger partial charge in [-0.05, 0) is 19.0 Å². The Kier molecular flexibility index (Phi) is 9.66. The molecule has 120 valence electrons. The Morgan fingerprint density at radius 2 is 1.90 bits per heavy atom. The molecule has 4 nitrogen and oxygen atoms in total. The Bertz CT molecular complexity index is 382. The van der Waals surface area contributed by atoms with Crippen LogP contribution in [0, 0.1) is 0 Å². The van der Waals surface area contributed by atoms with Crippen LogP contribution in [-0.4, -0.2) is 34.0 Å². The van der Waals surface area contributed by atoms with Crippen LogP contribution in [0.25, 0.3) is 0 Å². The highest BCUT2D eigenvalue weighted by atomic mass is 16.5. The summed E-state index contributed by atoms with van der Waals surface area (Å²) in [6.07, 6.45) is 5.09. The van der Waals surface area contributed by atoms with Gasteiger partial charge in [0.2, 0.25) is 0 Å². The van der Waals surface area contributed by atoms with Crippen molar-refractivity contribution in [2.24, 2.45) is 0 Å². The van der Waals surface area contributed by atoms with Gasteiger partial charge in [-0.2, -0.15) is 0 Å². The van der Waals surface area contributed by atoms with Gasteiger partial charge in [0.15, 0.2) is 11.5 Å². The molecule has 0 fully saturated rings. The standard InChI is InChI=1S/C17H29NO3/c1-4-5-6-7-11-18-14-15-9-8-10-16(20-3)17(15)21-13-12-19-2/h8-10,18H,4-7,11-14H2,1-3H3. The van der Waals surface area contributed by atoms with E-state index in [1.807, 2.05) is 12.1 Å². The molecular weight excluding hydrogens is 266 g/mol. The lowest BCUT2D eigenvalue weighted by Gasteiger charge is -2.15. The highest BCUT2D eigenvalue weighted by Gasteiger charge is 2.10. The molecule has 0 spiro atoms. The van der Waals surface area contributed by atoms with Gasteiger partial charge in [-0.1, -0.05) is 38.3 Å². The van der Waals surface area contributed by atoms with Crippen LogP contribution < -0.4 is 14.8 Å². The molecule has 0 aromatic heterocycles. The molecule has 0 atom stereocenters. The van der Waals surface area contributed by atoms with Crippen molar-refractivity contribution < 1.29 is 14.2 Å². The number of rotatable bonds is 12. The smallest absolute Gasteiger partial charge is 0.165 e. The van der Waals surface area contributed by atoms with Crippen molar-refractivity contribution >= 4 is 0 Å². The topological polar surface area (TPSA) is 39.7 Å². The van der Waals surface area contributed by atoms with E-state index in [0.29, 0.717) is 13.2 Å². The molecule has 1 aromatic rings. The van der Waals surface area contributed by atoms with Gasteiger partial charge < -0.3 is 19.5 Å². The maximum absolute atomic E-state index is 5.81. The van der Waals surface area contributed by atoms with E-state index in [-0.39, 0.29) is 0 Å². The van der Waals surface area contributed by atoms with Crippen LogP contribution in [0.4, 0.5) is 0 Å². The number of hydrogen-bond donors (Lipinski definition) is 1. The second-order valence-corrected chi connectivity index (χ2v) is 5.03. The van der Waals surface area contributed by atoms with Crippen LogP contribution in [0.2, 0.25) is 0 Å². The highest BCUT2D eigenvalue weighted by molar-refractivity contribution is 5.46. The lowest BCUT2D eigenvalue weighted by molar-refractivity contribution is 0.143. The van der Waals surface area contributed by atoms with E-state index < -0.39 is 0 Å². The van der Waals surface area contributed by atoms with Crippen molar-refractivity contribution in [1.82, 2.24) is 5.32 Å². The molecule has 0 aliphatic carbocycles. The predicted molar refractivity (Wildman–Crippen MR) is 86.2 cm³/mol. The average molecular weight is 295 g/mol. The number of nitrogens with one attached hydrogen (secondary N) is 1. The quantitative estimate of drug-likeness (QED) is 0.600. The SMILES string of the molecule is CCCCCCNCc1cccc(OC)c1OCCOC. The summed E-state index contributed by atoms with van der Waals surface area (Å²) in [7, 11) is 3.34. The van der Waals surface area contributed by atoms with E-state index in [9.17, 15) is 0 Å². The zero-order valence-electron chi connectivity index (χ0n) is 13.6. The third kappa shape index (κ3) is 6.82. The number of hydrogen-bond acceptors (Lipinski definition) is 4. The van der Waals surface area contributed by atoms with Crippen molar-refractivity contribution in [2.75, 3.05) is 34.0 Å². The Labute approximate surface area is 128 Å². The van der Waals surface area contributed by atoms with Gasteiger partial charge in [0, 0.05) is 19.2 Å². The van der Waals surface area contributed by atoms with Crippen molar-refractivity contribution in [1.29, 1.82) is 0 Å². The molecule has 0 unspecified atom stereocenters. The van der Waals surface area contributed by atoms with Gasteiger partial charge >= 0.3 is 0 Å². The second-order valence-electron chi connectivity index (χ2n) is 5.03. The Hall–Kier alpha value is -1.26. The van der Waals surface area contributed by atoms with Crippen molar-refractivity contribution in [3.8, 4) is 11.5 Å². The van der Waals surface area contributed by atoms with E-state index in [0.717, 1.165) is 30.2 Å². The molecule has 0 heterocycles. The summed E-state index contributed by atoms with van der Waals surface area (Å²) < 4.78 is 16.2. The molecule has 21 heavy (non-hydrogen) atoms. The first-order valence-corrected chi connectivity index (χ1v) is 7.81. The number of methoxy groups -OCH3 is 2. The third-order valence-electron chi connectivity index (χ3n) is 3.34. The normalized spacial score (nSPS) is 10.6. The molecule has 0 saturated carbocycles. The molecular formula is C17H29NO3. The second kappa shape index (κ2) is 11.4. The predicted octanol–water partition coefficient (Wildman–Crippen LogP) is 3.39. The maximum atomic E-state index is 5.81. The third-order valence-corrected chi connectivity index (χ3v) is 3.34. The molecule has 0 radical (unpaired) electrons. The van der Waals surface area contributed by atoms with Gasteiger partial charge in [-0.3, -0.25) is 0 Å². The van der Waals surface area contributed by atoms with Crippen molar-refractivity contribution in [3.63, 3.8) is 0 Å². The van der Waals surface area contributed by atoms with Crippen LogP contribution in [0.5, 0.6) is 11.5 Å². The van der Waals surface area contributed by atoms with Crippen molar-refractivity contribution in [2.45, 2.75) is 39.2 Å². The Morgan fingerprint density at radius 1 is 1.05 bits per heavy atom. The number of ether oxygens (including phenoxy) is 3. The molecule has 0 bridgehead atoms. The Morgan fingerprint density at radius 3 is 2.62 bits per heavy atom. The fourth-order valence-corrected chi connectivity index (χ4v) is 2.15. The number of benzene rings is 1. The molecule has 0 saturated heterocycles. The molecule has 0 amide bonds. The lowest BCUT2D eigenvalue weighted by Crippen LogP contribution is -2.16. The summed E-state index contributed by atoms with van der Waals surface area (Å²) in [6.45, 7) is 5.16. The van der Waals surface area contributed by atoms with Gasteiger partial charge in [0.25, 0.3) is 0 Å². The van der Waals surface area contributed by atoms with Gasteiger partial charge in [0.1, 0.15) is 6.61 Å². The largest absolute Gasteiger partial charge is 0.493 e. The number of para-hydroxylation sites is 1. The maximum Gasteiger partial charge on any atom is 0.165 e. The summed E-state index contributed by atoms with van der Waals surface area (Å²) in [6, 6.07) is 5.99. The summed E-state index contributed by atoms with van der Waals surface area (Å²) >= 11 is 0. The monoisotopic (exact) mass is 295 g/mol. The first-order valence-electron chi connectivity index (χ1n) is 7.81. The fourth-order valence-electron chi connectivity index (χ4n) is 2.15. The highest BCUT2D eigenvalue weighted by Crippen LogP contribution is 2.31. The van der Waals surface area contributed by atoms with E-state index in [1.54, 1.807) is 14.2 Å². The van der Waals surface area contributed by atoms with Crippen LogP contribution in [0.1, 0.15) is 38.2 Å². The van der Waals surface area contributed by atoms with Crippen LogP contribution in [0.15, 0.2) is 18.2 Å². The molecule has 1 rings (SSSR count). The van der Waals surface area contributed by atoms with Crippen molar-refractivity contribution in [3.05, 3.63) is 23.8 Å². The first-order chi connectivity index (χ1) is 10.3. The summed E-state index contributed by atoms with van der Waals surface area (Å²) in [5.41, 5.74) is 1.13. The van der Waals surface area contributed by atoms with Crippen LogP contribution in [-0.2, 0) is 11.3 Å². The summed E-state index contributed by atoms with van der Waals surface area (Å²) in [4.78, 5) is 0. The summed E-state index contributed by atoms with van der Waals surface area (Å²) in [5, 5.41) is 3.48. The number of unbranched alkanes of at least 4 members (excludes halogenated alkanes) is 3. The fraction of sp³-hybridized carbons (Fsp3) is 0.647. The lowest BCUT2D eigenvalue weighted by atomic mass is 10.1. The Balaban J connectivity index is 2.50. The molecule has 4 heteroatoms. The average Bonchev–Trinajstić information content (AvgIpc) is 2.51. The minimum atomic E-state index is 0.528. The molecule has 1 N–H and O–H groups in total. The zero-order chi connectivity index (χ0) is 15.3. The van der Waals surface area contributed by atoms with E-state index in [4.69, 9.17) is 14.2 Å². The van der Waals surface area contributed by atoms with E-state index in [1.165, 1.54) is 25.7 Å². The van der Waals surface area contributed by atoms with E-state index in [2.05, 4.69) is 18.3 Å². The molecule has 0 aliphatic rings. The van der Waals surface area contributed by atoms with Crippen LogP contribution in [0.3, 0.4) is 0 Å². The van der Waals surface area contributed by atoms with E-state index >= 15 is 0 Å². The van der Waals surface area contributed by atoms with Gasteiger partial charge in [0.05, 0.1) is 13.7 Å². The van der Waals surface area contributed by atoms with Gasteiger partial charge in [-0.25, -0.2) is 0 Å². The summed E-state index contributed by atoms with van der Waals surface area (Å²) in [5.74, 6) is 1.59. The minimum Gasteiger partial charge on any atom is -0.493 e. The molecule has 0 aliphatic heterocycles. The first kappa shape index (κ1) is 17.8. The van der Waals surface area contributed by atoms with Gasteiger partial charge in [-0.15, -0.1) is 0 Å². The zero-order valence-corrected chi connectivity index (χ0v) is 13.6. The minimum absolute atomic E-state index is 0.528. The molecule has 1 aromatic carbocycles.